The number of rotatable bonds is 20. The molecule has 0 aromatic heterocycles. The predicted molar refractivity (Wildman–Crippen MR) is 113 cm³/mol. The molecule has 0 aliphatic heterocycles. The zero-order chi connectivity index (χ0) is 18.6. The Balaban J connectivity index is 3.32. The maximum Gasteiger partial charge on any atom is 0.142 e. The Bertz CT molecular complexity index is 285. The molecule has 0 saturated carbocycles. The lowest BCUT2D eigenvalue weighted by atomic mass is 10.1. The van der Waals surface area contributed by atoms with E-state index >= 15 is 0 Å². The number of carbonyl (C=O) groups is 2. The highest BCUT2D eigenvalue weighted by Gasteiger charge is 2.06. The molecular formula is C22H42O2S. The molecule has 0 bridgehead atoms. The second kappa shape index (κ2) is 20.0. The molecule has 0 fully saturated rings. The minimum absolute atomic E-state index is 0.322. The minimum Gasteiger partial charge on any atom is -0.299 e. The molecule has 0 heterocycles. The van der Waals surface area contributed by atoms with Gasteiger partial charge in [0.1, 0.15) is 11.6 Å². The van der Waals surface area contributed by atoms with E-state index < -0.39 is 0 Å². The average molecular weight is 371 g/mol. The molecule has 148 valence electrons. The number of hydrogen-bond acceptors (Lipinski definition) is 3. The Kier molecular flexibility index (Phi) is 19.8. The lowest BCUT2D eigenvalue weighted by Gasteiger charge is -2.03. The first-order valence-electron chi connectivity index (χ1n) is 10.8. The highest BCUT2D eigenvalue weighted by atomic mass is 32.2. The number of Topliss-reactive ketones (excluding diaryl/α,β-unsaturated/α-hetero) is 2. The predicted octanol–water partition coefficient (Wildman–Crippen LogP) is 7.14. The zero-order valence-electron chi connectivity index (χ0n) is 17.0. The van der Waals surface area contributed by atoms with Crippen LogP contribution in [0, 0.1) is 0 Å². The molecular weight excluding hydrogens is 328 g/mol. The molecule has 2 nitrogen and oxygen atoms in total. The van der Waals surface area contributed by atoms with Crippen LogP contribution >= 0.6 is 11.8 Å². The fourth-order valence-corrected chi connectivity index (χ4v) is 3.83. The topological polar surface area (TPSA) is 34.1 Å². The first kappa shape index (κ1) is 24.7. The van der Waals surface area contributed by atoms with Crippen molar-refractivity contribution < 1.29 is 9.59 Å². The quantitative estimate of drug-likeness (QED) is 0.214. The second-order valence-corrected chi connectivity index (χ2v) is 8.30. The summed E-state index contributed by atoms with van der Waals surface area (Å²) in [6.07, 6.45) is 18.9. The van der Waals surface area contributed by atoms with Crippen molar-refractivity contribution in [1.82, 2.24) is 0 Å². The van der Waals surface area contributed by atoms with Gasteiger partial charge in [0.05, 0.1) is 11.5 Å². The molecule has 0 radical (unpaired) electrons. The summed E-state index contributed by atoms with van der Waals surface area (Å²) >= 11 is 1.52. The molecule has 0 atom stereocenters. The van der Waals surface area contributed by atoms with Crippen molar-refractivity contribution in [2.24, 2.45) is 0 Å². The normalized spacial score (nSPS) is 11.0. The van der Waals surface area contributed by atoms with Gasteiger partial charge in [-0.2, -0.15) is 0 Å². The van der Waals surface area contributed by atoms with Gasteiger partial charge in [0.15, 0.2) is 0 Å². The Morgan fingerprint density at radius 3 is 1.20 bits per heavy atom. The van der Waals surface area contributed by atoms with E-state index in [9.17, 15) is 9.59 Å². The monoisotopic (exact) mass is 370 g/mol. The van der Waals surface area contributed by atoms with Crippen LogP contribution in [0.4, 0.5) is 0 Å². The van der Waals surface area contributed by atoms with Crippen LogP contribution in [0.2, 0.25) is 0 Å². The summed E-state index contributed by atoms with van der Waals surface area (Å²) in [5.74, 6) is 1.70. The Morgan fingerprint density at radius 2 is 0.840 bits per heavy atom. The van der Waals surface area contributed by atoms with E-state index in [2.05, 4.69) is 13.8 Å². The number of unbranched alkanes of at least 4 members (excludes halogenated alkanes) is 12. The molecule has 0 rings (SSSR count). The number of hydrogen-bond donors (Lipinski definition) is 0. The van der Waals surface area contributed by atoms with Gasteiger partial charge in [-0.15, -0.1) is 11.8 Å². The van der Waals surface area contributed by atoms with E-state index in [0.29, 0.717) is 35.9 Å². The molecule has 25 heavy (non-hydrogen) atoms. The Morgan fingerprint density at radius 1 is 0.520 bits per heavy atom. The summed E-state index contributed by atoms with van der Waals surface area (Å²) in [6.45, 7) is 4.46. The molecule has 0 spiro atoms. The van der Waals surface area contributed by atoms with Crippen LogP contribution in [0.1, 0.15) is 117 Å². The van der Waals surface area contributed by atoms with Crippen LogP contribution in [-0.2, 0) is 9.59 Å². The summed E-state index contributed by atoms with van der Waals surface area (Å²) in [4.78, 5) is 23.6. The molecule has 0 aliphatic carbocycles. The van der Waals surface area contributed by atoms with Gasteiger partial charge in [-0.3, -0.25) is 9.59 Å². The number of carbonyl (C=O) groups excluding carboxylic acids is 2. The Labute approximate surface area is 161 Å². The van der Waals surface area contributed by atoms with Gasteiger partial charge < -0.3 is 0 Å². The van der Waals surface area contributed by atoms with Gasteiger partial charge in [-0.25, -0.2) is 0 Å². The smallest absolute Gasteiger partial charge is 0.142 e. The molecule has 0 aromatic rings. The van der Waals surface area contributed by atoms with Crippen LogP contribution in [-0.4, -0.2) is 23.1 Å². The van der Waals surface area contributed by atoms with Crippen molar-refractivity contribution in [1.29, 1.82) is 0 Å². The summed E-state index contributed by atoms with van der Waals surface area (Å²) in [5.41, 5.74) is 0. The van der Waals surface area contributed by atoms with Crippen LogP contribution in [0.5, 0.6) is 0 Å². The molecule has 0 saturated heterocycles. The first-order valence-corrected chi connectivity index (χ1v) is 12.0. The van der Waals surface area contributed by atoms with Gasteiger partial charge in [-0.1, -0.05) is 90.9 Å². The van der Waals surface area contributed by atoms with Gasteiger partial charge >= 0.3 is 0 Å². The molecule has 0 aromatic carbocycles. The summed E-state index contributed by atoms with van der Waals surface area (Å²) in [7, 11) is 0. The fraction of sp³-hybridized carbons (Fsp3) is 0.909. The molecule has 0 amide bonds. The maximum atomic E-state index is 11.8. The SMILES string of the molecule is CCCCCCCCCC(=O)CSCC(=O)CCCCCCCCC. The average Bonchev–Trinajstić information content (AvgIpc) is 2.60. The Hall–Kier alpha value is -0.310. The number of thioether (sulfide) groups is 1. The van der Waals surface area contributed by atoms with E-state index in [1.165, 1.54) is 88.8 Å². The number of ketones is 2. The largest absolute Gasteiger partial charge is 0.299 e. The van der Waals surface area contributed by atoms with Crippen LogP contribution in [0.3, 0.4) is 0 Å². The summed E-state index contributed by atoms with van der Waals surface area (Å²) < 4.78 is 0. The van der Waals surface area contributed by atoms with Gasteiger partial charge in [0.25, 0.3) is 0 Å². The van der Waals surface area contributed by atoms with E-state index in [0.717, 1.165) is 12.8 Å². The van der Waals surface area contributed by atoms with Crippen molar-refractivity contribution in [2.75, 3.05) is 11.5 Å². The van der Waals surface area contributed by atoms with Crippen molar-refractivity contribution in [3.63, 3.8) is 0 Å². The van der Waals surface area contributed by atoms with Crippen LogP contribution in [0.25, 0.3) is 0 Å². The van der Waals surface area contributed by atoms with Crippen molar-refractivity contribution in [3.05, 3.63) is 0 Å². The van der Waals surface area contributed by atoms with Crippen molar-refractivity contribution in [2.45, 2.75) is 117 Å². The first-order chi connectivity index (χ1) is 12.2. The third-order valence-corrected chi connectivity index (χ3v) is 5.70. The second-order valence-electron chi connectivity index (χ2n) is 7.31. The molecule has 3 heteroatoms. The highest BCUT2D eigenvalue weighted by molar-refractivity contribution is 8.00. The van der Waals surface area contributed by atoms with Crippen molar-refractivity contribution >= 4 is 23.3 Å². The maximum absolute atomic E-state index is 11.8. The summed E-state index contributed by atoms with van der Waals surface area (Å²) in [6, 6.07) is 0. The molecule has 0 unspecified atom stereocenters. The van der Waals surface area contributed by atoms with Gasteiger partial charge in [-0.05, 0) is 12.8 Å². The van der Waals surface area contributed by atoms with Crippen LogP contribution < -0.4 is 0 Å². The van der Waals surface area contributed by atoms with E-state index in [-0.39, 0.29) is 0 Å². The minimum atomic E-state index is 0.322. The van der Waals surface area contributed by atoms with Gasteiger partial charge in [0, 0.05) is 12.8 Å². The highest BCUT2D eigenvalue weighted by Crippen LogP contribution is 2.12. The fourth-order valence-electron chi connectivity index (χ4n) is 2.98. The molecule has 0 N–H and O–H groups in total. The third-order valence-electron chi connectivity index (χ3n) is 4.64. The van der Waals surface area contributed by atoms with Crippen LogP contribution in [0.15, 0.2) is 0 Å². The van der Waals surface area contributed by atoms with Gasteiger partial charge in [0.2, 0.25) is 0 Å². The third kappa shape index (κ3) is 19.9. The lowest BCUT2D eigenvalue weighted by Crippen LogP contribution is -2.06. The zero-order valence-corrected chi connectivity index (χ0v) is 17.8. The lowest BCUT2D eigenvalue weighted by molar-refractivity contribution is -0.117. The molecule has 0 aliphatic rings. The summed E-state index contributed by atoms with van der Waals surface area (Å²) in [5, 5.41) is 0. The van der Waals surface area contributed by atoms with E-state index in [1.807, 2.05) is 0 Å². The van der Waals surface area contributed by atoms with Crippen molar-refractivity contribution in [3.8, 4) is 0 Å². The van der Waals surface area contributed by atoms with E-state index in [1.54, 1.807) is 0 Å². The van der Waals surface area contributed by atoms with E-state index in [4.69, 9.17) is 0 Å². The standard InChI is InChI=1S/C22H42O2S/c1-3-5-7-9-11-13-15-17-21(23)19-25-20-22(24)18-16-14-12-10-8-6-4-2/h3-20H2,1-2H3.